The molecule has 0 radical (unpaired) electrons. The monoisotopic (exact) mass is 491 g/mol. The zero-order chi connectivity index (χ0) is 23.8. The number of aryl methyl sites for hydroxylation is 1. The SMILES string of the molecule is CCN1C(=O)/C(=C\c2c(N3CCN(c4ccccc4)CC3)nc3ccc(C)cn3c2=O)SC1=S. The van der Waals surface area contributed by atoms with Crippen molar-refractivity contribution in [3.05, 3.63) is 75.0 Å². The molecular weight excluding hydrogens is 466 g/mol. The molecule has 2 fully saturated rings. The summed E-state index contributed by atoms with van der Waals surface area (Å²) < 4.78 is 2.08. The summed E-state index contributed by atoms with van der Waals surface area (Å²) in [4.78, 5) is 37.9. The van der Waals surface area contributed by atoms with Crippen LogP contribution in [0.15, 0.2) is 58.4 Å². The van der Waals surface area contributed by atoms with Gasteiger partial charge in [-0.25, -0.2) is 4.98 Å². The normalized spacial score (nSPS) is 17.9. The van der Waals surface area contributed by atoms with Crippen LogP contribution in [0.3, 0.4) is 0 Å². The second kappa shape index (κ2) is 9.23. The van der Waals surface area contributed by atoms with Crippen LogP contribution in [0.5, 0.6) is 0 Å². The maximum Gasteiger partial charge on any atom is 0.267 e. The number of para-hydroxylation sites is 1. The number of carbonyl (C=O) groups is 1. The topological polar surface area (TPSA) is 61.2 Å². The molecule has 1 aromatic carbocycles. The van der Waals surface area contributed by atoms with Crippen LogP contribution in [-0.4, -0.2) is 57.2 Å². The molecule has 5 rings (SSSR count). The number of anilines is 2. The number of thiocarbonyl (C=S) groups is 1. The maximum absolute atomic E-state index is 13.6. The molecule has 2 aromatic heterocycles. The fraction of sp³-hybridized carbons (Fsp3) is 0.280. The second-order valence-corrected chi connectivity index (χ2v) is 10.0. The zero-order valence-electron chi connectivity index (χ0n) is 19.1. The third kappa shape index (κ3) is 4.10. The van der Waals surface area contributed by atoms with E-state index in [1.54, 1.807) is 21.6 Å². The van der Waals surface area contributed by atoms with E-state index in [4.69, 9.17) is 17.2 Å². The van der Waals surface area contributed by atoms with E-state index in [0.717, 1.165) is 31.7 Å². The molecule has 0 atom stereocenters. The van der Waals surface area contributed by atoms with Crippen molar-refractivity contribution in [1.82, 2.24) is 14.3 Å². The molecule has 7 nitrogen and oxygen atoms in total. The predicted octanol–water partition coefficient (Wildman–Crippen LogP) is 3.55. The first-order valence-electron chi connectivity index (χ1n) is 11.3. The average molecular weight is 492 g/mol. The number of hydrogen-bond donors (Lipinski definition) is 0. The zero-order valence-corrected chi connectivity index (χ0v) is 20.7. The lowest BCUT2D eigenvalue weighted by Gasteiger charge is -2.37. The molecule has 1 amide bonds. The number of carbonyl (C=O) groups excluding carboxylic acids is 1. The van der Waals surface area contributed by atoms with Gasteiger partial charge < -0.3 is 9.80 Å². The highest BCUT2D eigenvalue weighted by atomic mass is 32.2. The van der Waals surface area contributed by atoms with E-state index in [1.165, 1.54) is 17.4 Å². The molecule has 4 heterocycles. The molecule has 0 spiro atoms. The van der Waals surface area contributed by atoms with Gasteiger partial charge in [0.15, 0.2) is 0 Å². The van der Waals surface area contributed by atoms with Crippen LogP contribution in [-0.2, 0) is 4.79 Å². The van der Waals surface area contributed by atoms with Crippen LogP contribution in [0.1, 0.15) is 18.1 Å². The largest absolute Gasteiger partial charge is 0.368 e. The van der Waals surface area contributed by atoms with Crippen LogP contribution >= 0.6 is 24.0 Å². The lowest BCUT2D eigenvalue weighted by Crippen LogP contribution is -2.47. The molecular formula is C25H25N5O2S2. The number of thioether (sulfide) groups is 1. The van der Waals surface area contributed by atoms with E-state index in [9.17, 15) is 9.59 Å². The summed E-state index contributed by atoms with van der Waals surface area (Å²) >= 11 is 6.60. The Labute approximate surface area is 207 Å². The number of piperazine rings is 1. The highest BCUT2D eigenvalue weighted by Gasteiger charge is 2.32. The first-order chi connectivity index (χ1) is 16.5. The van der Waals surface area contributed by atoms with Gasteiger partial charge in [0.2, 0.25) is 0 Å². The average Bonchev–Trinajstić information content (AvgIpc) is 3.13. The quantitative estimate of drug-likeness (QED) is 0.409. The Balaban J connectivity index is 1.56. The van der Waals surface area contributed by atoms with Gasteiger partial charge in [0.25, 0.3) is 11.5 Å². The smallest absolute Gasteiger partial charge is 0.267 e. The van der Waals surface area contributed by atoms with Gasteiger partial charge in [-0.1, -0.05) is 48.2 Å². The van der Waals surface area contributed by atoms with E-state index in [1.807, 2.05) is 44.2 Å². The molecule has 34 heavy (non-hydrogen) atoms. The van der Waals surface area contributed by atoms with Gasteiger partial charge in [0.05, 0.1) is 10.5 Å². The number of nitrogens with zero attached hydrogens (tertiary/aromatic N) is 5. The lowest BCUT2D eigenvalue weighted by atomic mass is 10.2. The second-order valence-electron chi connectivity index (χ2n) is 8.32. The summed E-state index contributed by atoms with van der Waals surface area (Å²) in [5.41, 5.74) is 2.98. The Hall–Kier alpha value is -3.17. The Morgan fingerprint density at radius 3 is 2.41 bits per heavy atom. The van der Waals surface area contributed by atoms with E-state index >= 15 is 0 Å². The number of pyridine rings is 1. The Bertz CT molecular complexity index is 1360. The van der Waals surface area contributed by atoms with Gasteiger partial charge in [-0.3, -0.25) is 18.9 Å². The first-order valence-corrected chi connectivity index (χ1v) is 12.5. The van der Waals surface area contributed by atoms with Crippen molar-refractivity contribution in [2.24, 2.45) is 0 Å². The van der Waals surface area contributed by atoms with E-state index in [2.05, 4.69) is 21.9 Å². The van der Waals surface area contributed by atoms with Crippen LogP contribution in [0.4, 0.5) is 11.5 Å². The van der Waals surface area contributed by atoms with Crippen LogP contribution in [0.25, 0.3) is 11.7 Å². The molecule has 0 unspecified atom stereocenters. The standard InChI is InChI=1S/C25H25N5O2S2/c1-3-29-24(32)20(34-25(29)33)15-19-22(26-21-10-9-17(2)16-30(21)23(19)31)28-13-11-27(12-14-28)18-7-5-4-6-8-18/h4-10,15-16H,3,11-14H2,1-2H3/b20-15+. The van der Waals surface area contributed by atoms with Gasteiger partial charge in [0.1, 0.15) is 15.8 Å². The minimum atomic E-state index is -0.184. The van der Waals surface area contributed by atoms with Gasteiger partial charge in [-0.15, -0.1) is 0 Å². The predicted molar refractivity (Wildman–Crippen MR) is 143 cm³/mol. The Kier molecular flexibility index (Phi) is 6.14. The van der Waals surface area contributed by atoms with Crippen molar-refractivity contribution >= 4 is 57.4 Å². The van der Waals surface area contributed by atoms with Crippen LogP contribution < -0.4 is 15.4 Å². The van der Waals surface area contributed by atoms with Gasteiger partial charge >= 0.3 is 0 Å². The molecule has 0 saturated carbocycles. The third-order valence-corrected chi connectivity index (χ3v) is 7.53. The number of hydrogen-bond acceptors (Lipinski definition) is 7. The van der Waals surface area contributed by atoms with Crippen molar-refractivity contribution in [2.45, 2.75) is 13.8 Å². The van der Waals surface area contributed by atoms with Gasteiger partial charge in [0, 0.05) is 44.6 Å². The van der Waals surface area contributed by atoms with Crippen LogP contribution in [0, 0.1) is 6.92 Å². The van der Waals surface area contributed by atoms with E-state index in [0.29, 0.717) is 32.8 Å². The number of benzene rings is 1. The summed E-state index contributed by atoms with van der Waals surface area (Å²) in [7, 11) is 0. The number of fused-ring (bicyclic) bond motifs is 1. The summed E-state index contributed by atoms with van der Waals surface area (Å²) in [5.74, 6) is 0.453. The molecule has 2 aliphatic heterocycles. The molecule has 3 aromatic rings. The molecule has 174 valence electrons. The summed E-state index contributed by atoms with van der Waals surface area (Å²) in [6.07, 6.45) is 3.47. The first kappa shape index (κ1) is 22.6. The highest BCUT2D eigenvalue weighted by molar-refractivity contribution is 8.26. The van der Waals surface area contributed by atoms with Crippen molar-refractivity contribution < 1.29 is 4.79 Å². The summed E-state index contributed by atoms with van der Waals surface area (Å²) in [6, 6.07) is 14.1. The van der Waals surface area contributed by atoms with Crippen molar-refractivity contribution in [2.75, 3.05) is 42.5 Å². The molecule has 0 N–H and O–H groups in total. The minimum Gasteiger partial charge on any atom is -0.368 e. The third-order valence-electron chi connectivity index (χ3n) is 6.15. The fourth-order valence-corrected chi connectivity index (χ4v) is 5.70. The minimum absolute atomic E-state index is 0.161. The summed E-state index contributed by atoms with van der Waals surface area (Å²) in [6.45, 7) is 7.41. The Morgan fingerprint density at radius 1 is 1.03 bits per heavy atom. The number of likely N-dealkylation sites (N-methyl/N-ethyl adjacent to an activating group) is 1. The number of aromatic nitrogens is 2. The summed E-state index contributed by atoms with van der Waals surface area (Å²) in [5, 5.41) is 0. The molecule has 2 aliphatic rings. The van der Waals surface area contributed by atoms with E-state index < -0.39 is 0 Å². The Morgan fingerprint density at radius 2 is 1.74 bits per heavy atom. The molecule has 0 bridgehead atoms. The molecule has 2 saturated heterocycles. The molecule has 0 aliphatic carbocycles. The maximum atomic E-state index is 13.6. The van der Waals surface area contributed by atoms with Gasteiger partial charge in [-0.2, -0.15) is 0 Å². The van der Waals surface area contributed by atoms with Gasteiger partial charge in [-0.05, 0) is 43.7 Å². The molecule has 9 heteroatoms. The lowest BCUT2D eigenvalue weighted by molar-refractivity contribution is -0.121. The van der Waals surface area contributed by atoms with Crippen molar-refractivity contribution in [3.63, 3.8) is 0 Å². The number of rotatable bonds is 4. The van der Waals surface area contributed by atoms with Crippen molar-refractivity contribution in [1.29, 1.82) is 0 Å². The fourth-order valence-electron chi connectivity index (χ4n) is 4.33. The highest BCUT2D eigenvalue weighted by Crippen LogP contribution is 2.33. The van der Waals surface area contributed by atoms with Crippen molar-refractivity contribution in [3.8, 4) is 0 Å². The number of amides is 1. The van der Waals surface area contributed by atoms with E-state index in [-0.39, 0.29) is 11.5 Å². The van der Waals surface area contributed by atoms with Crippen LogP contribution in [0.2, 0.25) is 0 Å².